The Morgan fingerprint density at radius 2 is 2.00 bits per heavy atom. The van der Waals surface area contributed by atoms with Gasteiger partial charge in [-0.25, -0.2) is 0 Å². The van der Waals surface area contributed by atoms with Crippen molar-refractivity contribution in [3.63, 3.8) is 0 Å². The third-order valence-corrected chi connectivity index (χ3v) is 3.50. The van der Waals surface area contributed by atoms with Crippen molar-refractivity contribution in [2.24, 2.45) is 5.92 Å². The Hall–Kier alpha value is -0.820. The van der Waals surface area contributed by atoms with Gasteiger partial charge in [0.25, 0.3) is 0 Å². The van der Waals surface area contributed by atoms with E-state index in [0.29, 0.717) is 5.92 Å². The zero-order valence-corrected chi connectivity index (χ0v) is 9.17. The minimum atomic E-state index is -0.401. The average Bonchev–Trinajstić information content (AvgIpc) is 2.67. The summed E-state index contributed by atoms with van der Waals surface area (Å²) in [5.74, 6) is 0.476. The lowest BCUT2D eigenvalue weighted by Gasteiger charge is -2.10. The van der Waals surface area contributed by atoms with Gasteiger partial charge in [-0.3, -0.25) is 0 Å². The third-order valence-electron chi connectivity index (χ3n) is 3.50. The molecule has 1 nitrogen and oxygen atoms in total. The molecule has 0 bridgehead atoms. The first-order chi connectivity index (χ1) is 6.51. The number of rotatable bonds is 2. The molecule has 1 heteroatoms. The molecule has 76 valence electrons. The molecule has 1 fully saturated rings. The summed E-state index contributed by atoms with van der Waals surface area (Å²) in [6, 6.07) is 6.46. The molecule has 2 atom stereocenters. The highest BCUT2D eigenvalue weighted by molar-refractivity contribution is 5.31. The van der Waals surface area contributed by atoms with Crippen LogP contribution in [0.2, 0.25) is 0 Å². The highest BCUT2D eigenvalue weighted by atomic mass is 16.3. The standard InChI is InChI=1S/C13H18O/c1-9-4-5-12(6-10(9)2)8-13(14)7-11(13)3/h4-6,11,14H,7-8H2,1-3H3. The smallest absolute Gasteiger partial charge is 0.0718 e. The second-order valence-corrected chi connectivity index (χ2v) is 4.80. The number of hydrogen-bond donors (Lipinski definition) is 1. The van der Waals surface area contributed by atoms with Gasteiger partial charge in [-0.05, 0) is 42.9 Å². The quantitative estimate of drug-likeness (QED) is 0.760. The second-order valence-electron chi connectivity index (χ2n) is 4.80. The van der Waals surface area contributed by atoms with Gasteiger partial charge in [-0.1, -0.05) is 25.1 Å². The van der Waals surface area contributed by atoms with E-state index >= 15 is 0 Å². The van der Waals surface area contributed by atoms with Crippen LogP contribution in [-0.2, 0) is 6.42 Å². The molecule has 0 spiro atoms. The molecule has 0 radical (unpaired) electrons. The molecule has 1 aliphatic carbocycles. The molecule has 1 aromatic carbocycles. The van der Waals surface area contributed by atoms with E-state index in [1.54, 1.807) is 0 Å². The van der Waals surface area contributed by atoms with Crippen LogP contribution in [-0.4, -0.2) is 10.7 Å². The predicted molar refractivity (Wildman–Crippen MR) is 58.4 cm³/mol. The van der Waals surface area contributed by atoms with Gasteiger partial charge < -0.3 is 5.11 Å². The van der Waals surface area contributed by atoms with Crippen LogP contribution in [0, 0.1) is 19.8 Å². The van der Waals surface area contributed by atoms with Crippen LogP contribution in [0.3, 0.4) is 0 Å². The van der Waals surface area contributed by atoms with Crippen LogP contribution in [0.1, 0.15) is 30.0 Å². The van der Waals surface area contributed by atoms with E-state index in [4.69, 9.17) is 0 Å². The summed E-state index contributed by atoms with van der Waals surface area (Å²) < 4.78 is 0. The zero-order valence-electron chi connectivity index (χ0n) is 9.17. The van der Waals surface area contributed by atoms with Crippen LogP contribution in [0.15, 0.2) is 18.2 Å². The van der Waals surface area contributed by atoms with Crippen LogP contribution in [0.5, 0.6) is 0 Å². The first-order valence-electron chi connectivity index (χ1n) is 5.30. The van der Waals surface area contributed by atoms with Crippen molar-refractivity contribution in [2.45, 2.75) is 39.2 Å². The molecule has 1 aromatic rings. The summed E-state index contributed by atoms with van der Waals surface area (Å²) >= 11 is 0. The van der Waals surface area contributed by atoms with Crippen molar-refractivity contribution in [3.8, 4) is 0 Å². The highest BCUT2D eigenvalue weighted by Crippen LogP contribution is 2.45. The maximum absolute atomic E-state index is 10.0. The van der Waals surface area contributed by atoms with Crippen molar-refractivity contribution in [3.05, 3.63) is 34.9 Å². The largest absolute Gasteiger partial charge is 0.389 e. The van der Waals surface area contributed by atoms with E-state index in [2.05, 4.69) is 39.0 Å². The van der Waals surface area contributed by atoms with Crippen LogP contribution in [0.4, 0.5) is 0 Å². The van der Waals surface area contributed by atoms with Gasteiger partial charge in [-0.15, -0.1) is 0 Å². The molecule has 0 heterocycles. The summed E-state index contributed by atoms with van der Waals surface area (Å²) in [5, 5.41) is 10.0. The zero-order chi connectivity index (χ0) is 10.3. The molecule has 1 aliphatic rings. The van der Waals surface area contributed by atoms with Crippen LogP contribution >= 0.6 is 0 Å². The minimum Gasteiger partial charge on any atom is -0.389 e. The normalized spacial score (nSPS) is 30.4. The van der Waals surface area contributed by atoms with Gasteiger partial charge in [0.05, 0.1) is 5.60 Å². The van der Waals surface area contributed by atoms with Crippen molar-refractivity contribution in [1.82, 2.24) is 0 Å². The monoisotopic (exact) mass is 190 g/mol. The number of benzene rings is 1. The van der Waals surface area contributed by atoms with Crippen LogP contribution < -0.4 is 0 Å². The first-order valence-corrected chi connectivity index (χ1v) is 5.30. The maximum Gasteiger partial charge on any atom is 0.0718 e. The van der Waals surface area contributed by atoms with Gasteiger partial charge in [0.2, 0.25) is 0 Å². The molecule has 0 saturated heterocycles. The Morgan fingerprint density at radius 3 is 2.50 bits per heavy atom. The number of aryl methyl sites for hydroxylation is 2. The van der Waals surface area contributed by atoms with E-state index in [9.17, 15) is 5.11 Å². The Balaban J connectivity index is 2.14. The van der Waals surface area contributed by atoms with Crippen molar-refractivity contribution < 1.29 is 5.11 Å². The molecule has 0 aromatic heterocycles. The molecule has 2 unspecified atom stereocenters. The summed E-state index contributed by atoms with van der Waals surface area (Å²) in [5.41, 5.74) is 3.51. The molecule has 14 heavy (non-hydrogen) atoms. The molecule has 2 rings (SSSR count). The predicted octanol–water partition coefficient (Wildman–Crippen LogP) is 2.62. The number of aliphatic hydroxyl groups is 1. The minimum absolute atomic E-state index is 0.401. The first kappa shape index (κ1) is 9.72. The lowest BCUT2D eigenvalue weighted by molar-refractivity contribution is 0.135. The second kappa shape index (κ2) is 3.09. The van der Waals surface area contributed by atoms with E-state index in [1.165, 1.54) is 16.7 Å². The summed E-state index contributed by atoms with van der Waals surface area (Å²) in [7, 11) is 0. The maximum atomic E-state index is 10.0. The van der Waals surface area contributed by atoms with Gasteiger partial charge in [0.15, 0.2) is 0 Å². The average molecular weight is 190 g/mol. The Morgan fingerprint density at radius 1 is 1.36 bits per heavy atom. The summed E-state index contributed by atoms with van der Waals surface area (Å²) in [6.45, 7) is 6.35. The molecular formula is C13H18O. The lowest BCUT2D eigenvalue weighted by Crippen LogP contribution is -2.13. The fraction of sp³-hybridized carbons (Fsp3) is 0.538. The fourth-order valence-electron chi connectivity index (χ4n) is 1.98. The third kappa shape index (κ3) is 1.69. The van der Waals surface area contributed by atoms with Crippen LogP contribution in [0.25, 0.3) is 0 Å². The molecular weight excluding hydrogens is 172 g/mol. The highest BCUT2D eigenvalue weighted by Gasteiger charge is 2.49. The summed E-state index contributed by atoms with van der Waals surface area (Å²) in [6.07, 6.45) is 1.77. The molecule has 1 N–H and O–H groups in total. The topological polar surface area (TPSA) is 20.2 Å². The van der Waals surface area contributed by atoms with Crippen molar-refractivity contribution >= 4 is 0 Å². The number of hydrogen-bond acceptors (Lipinski definition) is 1. The van der Waals surface area contributed by atoms with Gasteiger partial charge in [-0.2, -0.15) is 0 Å². The molecule has 1 saturated carbocycles. The Bertz CT molecular complexity index is 356. The van der Waals surface area contributed by atoms with E-state index in [-0.39, 0.29) is 0 Å². The van der Waals surface area contributed by atoms with Crippen molar-refractivity contribution in [2.75, 3.05) is 0 Å². The lowest BCUT2D eigenvalue weighted by atomic mass is 10.0. The van der Waals surface area contributed by atoms with Gasteiger partial charge >= 0.3 is 0 Å². The van der Waals surface area contributed by atoms with E-state index in [1.807, 2.05) is 0 Å². The van der Waals surface area contributed by atoms with Gasteiger partial charge in [0.1, 0.15) is 0 Å². The van der Waals surface area contributed by atoms with E-state index in [0.717, 1.165) is 12.8 Å². The molecule has 0 amide bonds. The fourth-order valence-corrected chi connectivity index (χ4v) is 1.98. The van der Waals surface area contributed by atoms with Crippen molar-refractivity contribution in [1.29, 1.82) is 0 Å². The Labute approximate surface area is 85.8 Å². The SMILES string of the molecule is Cc1ccc(CC2(O)CC2C)cc1C. The van der Waals surface area contributed by atoms with E-state index < -0.39 is 5.60 Å². The Kier molecular flexibility index (Phi) is 2.15. The molecule has 0 aliphatic heterocycles. The summed E-state index contributed by atoms with van der Waals surface area (Å²) in [4.78, 5) is 0. The van der Waals surface area contributed by atoms with Gasteiger partial charge in [0, 0.05) is 6.42 Å².